The van der Waals surface area contributed by atoms with E-state index in [1.54, 1.807) is 22.6 Å². The van der Waals surface area contributed by atoms with Gasteiger partial charge in [-0.3, -0.25) is 0 Å². The maximum Gasteiger partial charge on any atom is 0.243 e. The molecular formula is C19H25N3O3S. The summed E-state index contributed by atoms with van der Waals surface area (Å²) in [6.45, 7) is 8.51. The second-order valence-electron chi connectivity index (χ2n) is 6.90. The van der Waals surface area contributed by atoms with Crippen LogP contribution in [0.25, 0.3) is 0 Å². The van der Waals surface area contributed by atoms with E-state index in [0.29, 0.717) is 23.9 Å². The first kappa shape index (κ1) is 18.8. The smallest absolute Gasteiger partial charge is 0.243 e. The van der Waals surface area contributed by atoms with Crippen LogP contribution >= 0.6 is 0 Å². The molecule has 1 aliphatic heterocycles. The predicted molar refractivity (Wildman–Crippen MR) is 99.8 cm³/mol. The van der Waals surface area contributed by atoms with Gasteiger partial charge in [0.05, 0.1) is 11.4 Å². The van der Waals surface area contributed by atoms with Gasteiger partial charge in [-0.2, -0.15) is 9.40 Å². The lowest BCUT2D eigenvalue weighted by molar-refractivity contribution is 0.123. The van der Waals surface area contributed by atoms with Gasteiger partial charge in [0, 0.05) is 18.8 Å². The Balaban J connectivity index is 1.88. The zero-order valence-electron chi connectivity index (χ0n) is 15.7. The molecule has 0 amide bonds. The first-order valence-corrected chi connectivity index (χ1v) is 10.3. The molecule has 0 N–H and O–H groups in total. The Morgan fingerprint density at radius 1 is 1.15 bits per heavy atom. The summed E-state index contributed by atoms with van der Waals surface area (Å²) < 4.78 is 34.1. The molecule has 6 nitrogen and oxygen atoms in total. The minimum absolute atomic E-state index is 0.221. The lowest BCUT2D eigenvalue weighted by Crippen LogP contribution is -2.44. The Morgan fingerprint density at radius 3 is 2.46 bits per heavy atom. The lowest BCUT2D eigenvalue weighted by Gasteiger charge is -2.32. The van der Waals surface area contributed by atoms with Crippen LogP contribution in [-0.2, 0) is 10.0 Å². The molecule has 1 unspecified atom stereocenters. The molecule has 2 heterocycles. The second-order valence-corrected chi connectivity index (χ2v) is 8.77. The van der Waals surface area contributed by atoms with Crippen LogP contribution in [0.4, 0.5) is 0 Å². The first-order valence-electron chi connectivity index (χ1n) is 8.82. The normalized spacial score (nSPS) is 18.7. The van der Waals surface area contributed by atoms with E-state index in [2.05, 4.69) is 10.2 Å². The summed E-state index contributed by atoms with van der Waals surface area (Å²) in [5.74, 6) is 0.426. The van der Waals surface area contributed by atoms with Gasteiger partial charge >= 0.3 is 0 Å². The van der Waals surface area contributed by atoms with Crippen molar-refractivity contribution in [2.24, 2.45) is 0 Å². The zero-order chi connectivity index (χ0) is 18.9. The Kier molecular flexibility index (Phi) is 5.29. The molecule has 0 spiro atoms. The van der Waals surface area contributed by atoms with Crippen LogP contribution in [-0.4, -0.2) is 42.1 Å². The number of rotatable bonds is 4. The minimum Gasteiger partial charge on any atom is -0.472 e. The van der Waals surface area contributed by atoms with Crippen molar-refractivity contribution in [1.82, 2.24) is 14.5 Å². The van der Waals surface area contributed by atoms with Crippen molar-refractivity contribution < 1.29 is 13.2 Å². The third-order valence-corrected chi connectivity index (χ3v) is 7.21. The van der Waals surface area contributed by atoms with Gasteiger partial charge < -0.3 is 4.74 Å². The molecular weight excluding hydrogens is 350 g/mol. The summed E-state index contributed by atoms with van der Waals surface area (Å²) in [5.41, 5.74) is 3.64. The van der Waals surface area contributed by atoms with Crippen molar-refractivity contribution in [3.05, 3.63) is 46.6 Å². The van der Waals surface area contributed by atoms with Crippen molar-refractivity contribution in [2.45, 2.75) is 51.5 Å². The SMILES string of the molecule is Cc1cc(C)c(C)c(S(=O)(=O)N2CCCC(Oc3cccnn3)C2)c1C. The van der Waals surface area contributed by atoms with Crippen LogP contribution in [0.3, 0.4) is 0 Å². The number of sulfonamides is 1. The monoisotopic (exact) mass is 375 g/mol. The van der Waals surface area contributed by atoms with Crippen LogP contribution in [0.5, 0.6) is 5.88 Å². The molecule has 140 valence electrons. The number of hydrogen-bond donors (Lipinski definition) is 0. The highest BCUT2D eigenvalue weighted by Gasteiger charge is 2.34. The highest BCUT2D eigenvalue weighted by Crippen LogP contribution is 2.30. The largest absolute Gasteiger partial charge is 0.472 e. The van der Waals surface area contributed by atoms with Gasteiger partial charge in [-0.15, -0.1) is 5.10 Å². The van der Waals surface area contributed by atoms with Gasteiger partial charge in [0.15, 0.2) is 0 Å². The first-order chi connectivity index (χ1) is 12.3. The summed E-state index contributed by atoms with van der Waals surface area (Å²) in [6, 6.07) is 5.53. The fourth-order valence-corrected chi connectivity index (χ4v) is 5.52. The summed E-state index contributed by atoms with van der Waals surface area (Å²) in [5, 5.41) is 7.73. The van der Waals surface area contributed by atoms with Crippen molar-refractivity contribution in [2.75, 3.05) is 13.1 Å². The van der Waals surface area contributed by atoms with Gasteiger partial charge in [0.2, 0.25) is 15.9 Å². The highest BCUT2D eigenvalue weighted by atomic mass is 32.2. The van der Waals surface area contributed by atoms with E-state index in [4.69, 9.17) is 4.74 Å². The fraction of sp³-hybridized carbons (Fsp3) is 0.474. The standard InChI is InChI=1S/C19H25N3O3S/c1-13-11-14(2)16(4)19(15(13)3)26(23,24)22-10-6-7-17(12-22)25-18-8-5-9-20-21-18/h5,8-9,11,17H,6-7,10,12H2,1-4H3. The van der Waals surface area contributed by atoms with Crippen LogP contribution in [0, 0.1) is 27.7 Å². The number of piperidine rings is 1. The Bertz CT molecular complexity index is 872. The van der Waals surface area contributed by atoms with Crippen molar-refractivity contribution in [1.29, 1.82) is 0 Å². The van der Waals surface area contributed by atoms with Crippen LogP contribution in [0.15, 0.2) is 29.3 Å². The molecule has 3 rings (SSSR count). The van der Waals surface area contributed by atoms with Gasteiger partial charge in [-0.05, 0) is 68.9 Å². The van der Waals surface area contributed by atoms with E-state index in [-0.39, 0.29) is 6.10 Å². The van der Waals surface area contributed by atoms with Crippen LogP contribution in [0.2, 0.25) is 0 Å². The molecule has 1 fully saturated rings. The summed E-state index contributed by atoms with van der Waals surface area (Å²) in [6.07, 6.45) is 2.91. The summed E-state index contributed by atoms with van der Waals surface area (Å²) in [4.78, 5) is 0.440. The van der Waals surface area contributed by atoms with E-state index in [1.165, 1.54) is 0 Å². The van der Waals surface area contributed by atoms with Gasteiger partial charge in [-0.25, -0.2) is 8.42 Å². The molecule has 1 atom stereocenters. The minimum atomic E-state index is -3.58. The average molecular weight is 375 g/mol. The lowest BCUT2D eigenvalue weighted by atomic mass is 10.0. The zero-order valence-corrected chi connectivity index (χ0v) is 16.5. The number of hydrogen-bond acceptors (Lipinski definition) is 5. The molecule has 7 heteroatoms. The number of benzene rings is 1. The van der Waals surface area contributed by atoms with Crippen molar-refractivity contribution >= 4 is 10.0 Å². The quantitative estimate of drug-likeness (QED) is 0.821. The topological polar surface area (TPSA) is 72.4 Å². The Hall–Kier alpha value is -1.99. The highest BCUT2D eigenvalue weighted by molar-refractivity contribution is 7.89. The number of aryl methyl sites for hydroxylation is 2. The van der Waals surface area contributed by atoms with Crippen LogP contribution < -0.4 is 4.74 Å². The average Bonchev–Trinajstić information content (AvgIpc) is 2.61. The number of ether oxygens (including phenoxy) is 1. The number of nitrogens with zero attached hydrogens (tertiary/aromatic N) is 3. The third kappa shape index (κ3) is 3.59. The molecule has 0 radical (unpaired) electrons. The maximum absolute atomic E-state index is 13.4. The molecule has 0 saturated carbocycles. The third-order valence-electron chi connectivity index (χ3n) is 5.07. The van der Waals surface area contributed by atoms with E-state index in [9.17, 15) is 8.42 Å². The van der Waals surface area contributed by atoms with Crippen molar-refractivity contribution in [3.63, 3.8) is 0 Å². The summed E-state index contributed by atoms with van der Waals surface area (Å²) >= 11 is 0. The number of aromatic nitrogens is 2. The molecule has 2 aromatic rings. The van der Waals surface area contributed by atoms with Crippen LogP contribution in [0.1, 0.15) is 35.1 Å². The van der Waals surface area contributed by atoms with E-state index >= 15 is 0 Å². The Labute approximate surface area is 155 Å². The molecule has 1 aromatic carbocycles. The van der Waals surface area contributed by atoms with Gasteiger partial charge in [0.1, 0.15) is 6.10 Å². The van der Waals surface area contributed by atoms with Crippen molar-refractivity contribution in [3.8, 4) is 5.88 Å². The van der Waals surface area contributed by atoms with E-state index in [1.807, 2.05) is 33.8 Å². The van der Waals surface area contributed by atoms with Gasteiger partial charge in [-0.1, -0.05) is 6.07 Å². The molecule has 26 heavy (non-hydrogen) atoms. The fourth-order valence-electron chi connectivity index (χ4n) is 3.44. The molecule has 0 aliphatic carbocycles. The predicted octanol–water partition coefficient (Wildman–Crippen LogP) is 2.94. The maximum atomic E-state index is 13.4. The van der Waals surface area contributed by atoms with E-state index in [0.717, 1.165) is 35.1 Å². The molecule has 1 aromatic heterocycles. The molecule has 1 saturated heterocycles. The second kappa shape index (κ2) is 7.32. The van der Waals surface area contributed by atoms with E-state index < -0.39 is 10.0 Å². The molecule has 1 aliphatic rings. The van der Waals surface area contributed by atoms with Gasteiger partial charge in [0.25, 0.3) is 0 Å². The molecule has 0 bridgehead atoms. The Morgan fingerprint density at radius 2 is 1.85 bits per heavy atom. The summed E-state index contributed by atoms with van der Waals surface area (Å²) in [7, 11) is -3.58.